The number of ether oxygens (including phenoxy) is 4. The molecule has 0 aliphatic carbocycles. The second kappa shape index (κ2) is 19.0. The van der Waals surface area contributed by atoms with Crippen LogP contribution in [0.5, 0.6) is 23.0 Å². The molecule has 0 aliphatic rings. The van der Waals surface area contributed by atoms with Gasteiger partial charge in [-0.25, -0.2) is 20.4 Å². The van der Waals surface area contributed by atoms with Crippen LogP contribution in [0.4, 0.5) is 0 Å². The van der Waals surface area contributed by atoms with Crippen molar-refractivity contribution in [3.8, 4) is 23.0 Å². The lowest BCUT2D eigenvalue weighted by Crippen LogP contribution is -2.19. The Kier molecular flexibility index (Phi) is 14.2. The summed E-state index contributed by atoms with van der Waals surface area (Å²) in [4.78, 5) is 49.9. The molecule has 0 radical (unpaired) electrons. The lowest BCUT2D eigenvalue weighted by molar-refractivity contribution is -0.123. The van der Waals surface area contributed by atoms with E-state index in [4.69, 9.17) is 18.9 Å². The molecule has 12 nitrogen and oxygen atoms in total. The Labute approximate surface area is 305 Å². The number of benzene rings is 4. The van der Waals surface area contributed by atoms with Crippen LogP contribution >= 0.6 is 31.9 Å². The summed E-state index contributed by atoms with van der Waals surface area (Å²) in [6, 6.07) is 23.0. The number of halogens is 2. The zero-order chi connectivity index (χ0) is 35.9. The molecule has 0 atom stereocenters. The highest BCUT2D eigenvalue weighted by atomic mass is 79.9. The van der Waals surface area contributed by atoms with Crippen molar-refractivity contribution < 1.29 is 38.1 Å². The topological polar surface area (TPSA) is 154 Å². The summed E-state index contributed by atoms with van der Waals surface area (Å²) in [5, 5.41) is 7.99. The Hall–Kier alpha value is -5.34. The maximum absolute atomic E-state index is 12.6. The zero-order valence-corrected chi connectivity index (χ0v) is 30.2. The fourth-order valence-electron chi connectivity index (χ4n) is 4.23. The minimum atomic E-state index is -0.562. The number of esters is 2. The molecule has 0 fully saturated rings. The van der Waals surface area contributed by atoms with Crippen molar-refractivity contribution >= 4 is 68.0 Å². The smallest absolute Gasteiger partial charge is 0.343 e. The number of carbonyl (C=O) groups excluding carboxylic acids is 4. The van der Waals surface area contributed by atoms with Gasteiger partial charge in [-0.15, -0.1) is 0 Å². The number of rotatable bonds is 15. The first-order valence-electron chi connectivity index (χ1n) is 15.1. The van der Waals surface area contributed by atoms with Crippen molar-refractivity contribution in [2.24, 2.45) is 10.2 Å². The Morgan fingerprint density at radius 3 is 1.34 bits per heavy atom. The summed E-state index contributed by atoms with van der Waals surface area (Å²) in [7, 11) is 3.07. The molecule has 14 heteroatoms. The average molecular weight is 808 g/mol. The molecule has 258 valence electrons. The maximum Gasteiger partial charge on any atom is 0.343 e. The SMILES string of the molecule is COc1ccc(C(=O)Oc2ccc(Br)cc2/C=N\NC(=O)CCCCC(=O)N/N=C/c2cc(Br)ccc2OC(=O)c2ccc(OC)cc2)cc1. The molecule has 4 aromatic carbocycles. The minimum Gasteiger partial charge on any atom is -0.497 e. The monoisotopic (exact) mass is 806 g/mol. The zero-order valence-electron chi connectivity index (χ0n) is 27.0. The molecule has 0 aliphatic heterocycles. The predicted molar refractivity (Wildman–Crippen MR) is 194 cm³/mol. The third-order valence-corrected chi connectivity index (χ3v) is 7.83. The van der Waals surface area contributed by atoms with Crippen molar-refractivity contribution in [1.82, 2.24) is 10.9 Å². The van der Waals surface area contributed by atoms with Gasteiger partial charge in [0.25, 0.3) is 0 Å². The number of carbonyl (C=O) groups is 4. The number of unbranched alkanes of at least 4 members (excludes halogenated alkanes) is 1. The van der Waals surface area contributed by atoms with Crippen LogP contribution in [-0.2, 0) is 9.59 Å². The van der Waals surface area contributed by atoms with E-state index in [1.165, 1.54) is 26.6 Å². The van der Waals surface area contributed by atoms with Gasteiger partial charge in [0.1, 0.15) is 23.0 Å². The summed E-state index contributed by atoms with van der Waals surface area (Å²) >= 11 is 6.77. The fraction of sp³-hybridized carbons (Fsp3) is 0.167. The first-order valence-corrected chi connectivity index (χ1v) is 16.7. The number of nitrogens with zero attached hydrogens (tertiary/aromatic N) is 2. The number of methoxy groups -OCH3 is 2. The average Bonchev–Trinajstić information content (AvgIpc) is 3.12. The Balaban J connectivity index is 1.20. The van der Waals surface area contributed by atoms with E-state index >= 15 is 0 Å². The van der Waals surface area contributed by atoms with Gasteiger partial charge in [-0.1, -0.05) is 31.9 Å². The summed E-state index contributed by atoms with van der Waals surface area (Å²) in [5.74, 6) is -0.0863. The maximum atomic E-state index is 12.6. The molecule has 0 bridgehead atoms. The van der Waals surface area contributed by atoms with E-state index in [-0.39, 0.29) is 36.2 Å². The van der Waals surface area contributed by atoms with E-state index in [0.29, 0.717) is 46.6 Å². The summed E-state index contributed by atoms with van der Waals surface area (Å²) in [5.41, 5.74) is 6.50. The van der Waals surface area contributed by atoms with Crippen LogP contribution in [0.1, 0.15) is 57.5 Å². The molecule has 4 rings (SSSR count). The first-order chi connectivity index (χ1) is 24.1. The number of hydrogen-bond acceptors (Lipinski definition) is 10. The molecule has 4 aromatic rings. The van der Waals surface area contributed by atoms with E-state index in [9.17, 15) is 19.2 Å². The molecular weight excluding hydrogens is 776 g/mol. The highest BCUT2D eigenvalue weighted by Gasteiger charge is 2.14. The minimum absolute atomic E-state index is 0.132. The number of amides is 2. The molecule has 0 spiro atoms. The van der Waals surface area contributed by atoms with E-state index in [0.717, 1.165) is 8.95 Å². The standard InChI is InChI=1S/C36H32Br2N4O8/c1-47-29-13-7-23(8-14-29)35(45)49-31-17-11-27(37)19-25(31)21-39-41-33(43)5-3-4-6-34(44)42-40-22-26-20-28(38)12-18-32(26)50-36(46)24-9-15-30(48-2)16-10-24/h7-22H,3-6H2,1-2H3,(H,41,43)(H,42,44)/b39-21-,40-22+. The molecule has 2 amide bonds. The molecule has 2 N–H and O–H groups in total. The third kappa shape index (κ3) is 11.7. The van der Waals surface area contributed by atoms with Crippen molar-refractivity contribution in [2.45, 2.75) is 25.7 Å². The van der Waals surface area contributed by atoms with E-state index in [1.54, 1.807) is 84.9 Å². The van der Waals surface area contributed by atoms with E-state index < -0.39 is 11.9 Å². The van der Waals surface area contributed by atoms with Gasteiger partial charge < -0.3 is 18.9 Å². The van der Waals surface area contributed by atoms with Crippen LogP contribution in [0.3, 0.4) is 0 Å². The quantitative estimate of drug-likeness (QED) is 0.0436. The van der Waals surface area contributed by atoms with Crippen LogP contribution < -0.4 is 29.8 Å². The van der Waals surface area contributed by atoms with Crippen LogP contribution in [0, 0.1) is 0 Å². The van der Waals surface area contributed by atoms with Crippen molar-refractivity contribution in [2.75, 3.05) is 14.2 Å². The van der Waals surface area contributed by atoms with E-state index in [2.05, 4.69) is 52.9 Å². The summed E-state index contributed by atoms with van der Waals surface area (Å²) < 4.78 is 22.8. The molecule has 0 aromatic heterocycles. The van der Waals surface area contributed by atoms with Crippen LogP contribution in [0.25, 0.3) is 0 Å². The number of hydrogen-bond donors (Lipinski definition) is 2. The molecule has 0 unspecified atom stereocenters. The molecule has 0 saturated carbocycles. The number of nitrogens with one attached hydrogen (secondary N) is 2. The van der Waals surface area contributed by atoms with Gasteiger partial charge in [-0.2, -0.15) is 10.2 Å². The van der Waals surface area contributed by atoms with Crippen LogP contribution in [-0.4, -0.2) is 50.4 Å². The van der Waals surface area contributed by atoms with Crippen LogP contribution in [0.2, 0.25) is 0 Å². The Morgan fingerprint density at radius 1 is 0.600 bits per heavy atom. The van der Waals surface area contributed by atoms with Crippen molar-refractivity contribution in [1.29, 1.82) is 0 Å². The first kappa shape index (κ1) is 37.5. The number of hydrazone groups is 2. The highest BCUT2D eigenvalue weighted by Crippen LogP contribution is 2.25. The fourth-order valence-corrected chi connectivity index (χ4v) is 4.99. The van der Waals surface area contributed by atoms with Gasteiger partial charge >= 0.3 is 11.9 Å². The van der Waals surface area contributed by atoms with E-state index in [1.807, 2.05) is 0 Å². The third-order valence-electron chi connectivity index (χ3n) is 6.84. The van der Waals surface area contributed by atoms with Gasteiger partial charge in [0, 0.05) is 32.9 Å². The molecule has 50 heavy (non-hydrogen) atoms. The van der Waals surface area contributed by atoms with Gasteiger partial charge in [0.2, 0.25) is 11.8 Å². The van der Waals surface area contributed by atoms with Crippen LogP contribution in [0.15, 0.2) is 104 Å². The summed E-state index contributed by atoms with van der Waals surface area (Å²) in [6.07, 6.45) is 3.87. The lowest BCUT2D eigenvalue weighted by atomic mass is 10.2. The second-order valence-corrected chi connectivity index (χ2v) is 12.2. The highest BCUT2D eigenvalue weighted by molar-refractivity contribution is 9.10. The molecular formula is C36H32Br2N4O8. The largest absolute Gasteiger partial charge is 0.497 e. The van der Waals surface area contributed by atoms with Gasteiger partial charge in [0.15, 0.2) is 0 Å². The molecule has 0 saturated heterocycles. The van der Waals surface area contributed by atoms with Gasteiger partial charge in [-0.05, 0) is 97.8 Å². The predicted octanol–water partition coefficient (Wildman–Crippen LogP) is 6.83. The summed E-state index contributed by atoms with van der Waals surface area (Å²) in [6.45, 7) is 0. The lowest BCUT2D eigenvalue weighted by Gasteiger charge is -2.09. The molecule has 0 heterocycles. The normalized spacial score (nSPS) is 10.9. The van der Waals surface area contributed by atoms with Gasteiger partial charge in [-0.3, -0.25) is 9.59 Å². The van der Waals surface area contributed by atoms with Crippen molar-refractivity contribution in [3.05, 3.63) is 116 Å². The second-order valence-electron chi connectivity index (χ2n) is 10.4. The Morgan fingerprint density at radius 2 is 0.980 bits per heavy atom. The Bertz CT molecular complexity index is 1740. The van der Waals surface area contributed by atoms with Gasteiger partial charge in [0.05, 0.1) is 37.8 Å². The van der Waals surface area contributed by atoms with Crippen molar-refractivity contribution in [3.63, 3.8) is 0 Å².